The first-order chi connectivity index (χ1) is 19.8. The zero-order chi connectivity index (χ0) is 30.7. The molecule has 3 heterocycles. The zero-order valence-corrected chi connectivity index (χ0v) is 24.2. The number of H-pyrrole nitrogens is 1. The molecule has 1 aliphatic rings. The van der Waals surface area contributed by atoms with Gasteiger partial charge >= 0.3 is 19.4 Å². The molecule has 2 aromatic heterocycles. The van der Waals surface area contributed by atoms with E-state index in [1.165, 1.54) is 19.1 Å². The van der Waals surface area contributed by atoms with Gasteiger partial charge in [-0.3, -0.25) is 28.6 Å². The van der Waals surface area contributed by atoms with Crippen LogP contribution in [0.1, 0.15) is 33.9 Å². The highest BCUT2D eigenvalue weighted by Crippen LogP contribution is 2.47. The summed E-state index contributed by atoms with van der Waals surface area (Å²) in [5, 5.41) is 13.2. The maximum atomic E-state index is 15.6. The van der Waals surface area contributed by atoms with Crippen LogP contribution in [-0.2, 0) is 23.4 Å². The van der Waals surface area contributed by atoms with Crippen LogP contribution in [0.2, 0.25) is 0 Å². The van der Waals surface area contributed by atoms with Crippen molar-refractivity contribution in [3.63, 3.8) is 0 Å². The summed E-state index contributed by atoms with van der Waals surface area (Å²) in [6.45, 7) is 5.04. The first-order valence-electron chi connectivity index (χ1n) is 13.1. The van der Waals surface area contributed by atoms with Crippen LogP contribution in [-0.4, -0.2) is 62.2 Å². The Balaban J connectivity index is 1.54. The van der Waals surface area contributed by atoms with Crippen LogP contribution in [0.5, 0.6) is 5.75 Å². The number of benzene rings is 1. The maximum absolute atomic E-state index is 15.6. The highest BCUT2D eigenvalue weighted by Gasteiger charge is 2.56. The Morgan fingerprint density at radius 2 is 1.93 bits per heavy atom. The number of pyridine rings is 1. The number of nitrogens with zero attached hydrogens (tertiary/aromatic N) is 2. The number of aliphatic hydroxyl groups excluding tert-OH is 1. The van der Waals surface area contributed by atoms with Crippen LogP contribution < -0.4 is 20.9 Å². The lowest BCUT2D eigenvalue weighted by molar-refractivity contribution is -0.149. The molecular formula is C27H32FN4O9P. The average Bonchev–Trinajstić information content (AvgIpc) is 3.16. The third-order valence-corrected chi connectivity index (χ3v) is 7.97. The second-order valence-electron chi connectivity index (χ2n) is 10.1. The number of rotatable bonds is 11. The maximum Gasteiger partial charge on any atom is 0.459 e. The van der Waals surface area contributed by atoms with Crippen molar-refractivity contribution < 1.29 is 37.4 Å². The summed E-state index contributed by atoms with van der Waals surface area (Å²) in [6.07, 6.45) is -2.67. The fourth-order valence-corrected chi connectivity index (χ4v) is 5.71. The van der Waals surface area contributed by atoms with E-state index in [1.54, 1.807) is 38.2 Å². The quantitative estimate of drug-likeness (QED) is 0.217. The van der Waals surface area contributed by atoms with Gasteiger partial charge in [-0.15, -0.1) is 0 Å². The fourth-order valence-electron chi connectivity index (χ4n) is 4.21. The van der Waals surface area contributed by atoms with E-state index in [2.05, 4.69) is 10.1 Å². The van der Waals surface area contributed by atoms with E-state index in [0.29, 0.717) is 5.69 Å². The Morgan fingerprint density at radius 3 is 2.55 bits per heavy atom. The number of hydrogen-bond acceptors (Lipinski definition) is 10. The van der Waals surface area contributed by atoms with E-state index in [9.17, 15) is 24.1 Å². The van der Waals surface area contributed by atoms with Gasteiger partial charge in [0.25, 0.3) is 5.56 Å². The number of alkyl halides is 1. The van der Waals surface area contributed by atoms with Gasteiger partial charge in [0.2, 0.25) is 0 Å². The Morgan fingerprint density at radius 1 is 1.21 bits per heavy atom. The number of aliphatic hydroxyl groups is 1. The number of hydrogen-bond donors (Lipinski definition) is 3. The lowest BCUT2D eigenvalue weighted by Crippen LogP contribution is -2.43. The van der Waals surface area contributed by atoms with Crippen molar-refractivity contribution in [1.29, 1.82) is 0 Å². The third kappa shape index (κ3) is 7.20. The van der Waals surface area contributed by atoms with Gasteiger partial charge in [-0.05, 0) is 64.1 Å². The lowest BCUT2D eigenvalue weighted by Gasteiger charge is -2.25. The number of aromatic nitrogens is 3. The topological polar surface area (TPSA) is 171 Å². The molecule has 4 rings (SSSR count). The van der Waals surface area contributed by atoms with E-state index in [-0.39, 0.29) is 5.75 Å². The summed E-state index contributed by atoms with van der Waals surface area (Å²) in [7, 11) is -4.41. The van der Waals surface area contributed by atoms with Gasteiger partial charge in [0.05, 0.1) is 18.4 Å². The highest BCUT2D eigenvalue weighted by atomic mass is 31.2. The van der Waals surface area contributed by atoms with E-state index in [1.807, 2.05) is 17.1 Å². The first kappa shape index (κ1) is 31.3. The van der Waals surface area contributed by atoms with Crippen molar-refractivity contribution in [2.45, 2.75) is 63.9 Å². The average molecular weight is 607 g/mol. The largest absolute Gasteiger partial charge is 0.462 e. The Hall–Kier alpha value is -3.68. The van der Waals surface area contributed by atoms with Crippen molar-refractivity contribution >= 4 is 13.7 Å². The molecule has 226 valence electrons. The summed E-state index contributed by atoms with van der Waals surface area (Å²) in [6, 6.07) is 11.7. The minimum Gasteiger partial charge on any atom is -0.462 e. The van der Waals surface area contributed by atoms with Crippen LogP contribution in [0, 0.1) is 0 Å². The second kappa shape index (κ2) is 12.7. The predicted octanol–water partition coefficient (Wildman–Crippen LogP) is 2.72. The third-order valence-electron chi connectivity index (χ3n) is 6.33. The van der Waals surface area contributed by atoms with Crippen molar-refractivity contribution in [3.8, 4) is 17.0 Å². The van der Waals surface area contributed by atoms with E-state index >= 15 is 4.39 Å². The summed E-state index contributed by atoms with van der Waals surface area (Å²) >= 11 is 0. The Kier molecular flexibility index (Phi) is 9.43. The number of nitrogens with one attached hydrogen (secondary N) is 2. The molecule has 15 heteroatoms. The smallest absolute Gasteiger partial charge is 0.459 e. The minimum atomic E-state index is -4.41. The number of ether oxygens (including phenoxy) is 2. The fraction of sp³-hybridized carbons (Fsp3) is 0.407. The van der Waals surface area contributed by atoms with E-state index in [4.69, 9.17) is 18.5 Å². The summed E-state index contributed by atoms with van der Waals surface area (Å²) in [5.74, 6) is -0.621. The highest BCUT2D eigenvalue weighted by molar-refractivity contribution is 7.52. The molecule has 0 spiro atoms. The van der Waals surface area contributed by atoms with Crippen LogP contribution >= 0.6 is 7.75 Å². The van der Waals surface area contributed by atoms with E-state index < -0.39 is 67.8 Å². The molecule has 3 aromatic rings. The van der Waals surface area contributed by atoms with Crippen LogP contribution in [0.25, 0.3) is 11.3 Å². The summed E-state index contributed by atoms with van der Waals surface area (Å²) in [5.41, 5.74) is -2.70. The van der Waals surface area contributed by atoms with Gasteiger partial charge in [-0.25, -0.2) is 13.8 Å². The zero-order valence-electron chi connectivity index (χ0n) is 23.3. The molecule has 0 amide bonds. The molecule has 0 bridgehead atoms. The minimum absolute atomic E-state index is 0.107. The van der Waals surface area contributed by atoms with Crippen LogP contribution in [0.15, 0.2) is 70.5 Å². The lowest BCUT2D eigenvalue weighted by atomic mass is 9.98. The van der Waals surface area contributed by atoms with Gasteiger partial charge in [-0.2, -0.15) is 5.09 Å². The molecule has 1 aliphatic heterocycles. The molecule has 0 radical (unpaired) electrons. The van der Waals surface area contributed by atoms with Crippen molar-refractivity contribution in [2.24, 2.45) is 0 Å². The number of esters is 1. The van der Waals surface area contributed by atoms with Gasteiger partial charge in [0.15, 0.2) is 11.9 Å². The number of carbonyl (C=O) groups is 1. The number of aromatic amines is 1. The predicted molar refractivity (Wildman–Crippen MR) is 148 cm³/mol. The summed E-state index contributed by atoms with van der Waals surface area (Å²) < 4.78 is 52.3. The van der Waals surface area contributed by atoms with Gasteiger partial charge < -0.3 is 19.1 Å². The molecule has 3 N–H and O–H groups in total. The van der Waals surface area contributed by atoms with Gasteiger partial charge in [0.1, 0.15) is 24.0 Å². The van der Waals surface area contributed by atoms with Gasteiger partial charge in [-0.1, -0.05) is 6.07 Å². The number of carbonyl (C=O) groups excluding carboxylic acids is 1. The molecular weight excluding hydrogens is 574 g/mol. The van der Waals surface area contributed by atoms with Gasteiger partial charge in [0, 0.05) is 24.0 Å². The Bertz CT molecular complexity index is 1550. The SMILES string of the molecule is CC(C)OC(=O)[C@H](C)NP(=O)(OC[C@H]1O[C@@H](n2ccc(=O)[nH]c2=O)[C@](C)(F)[C@@H]1O)Oc1ccc(-c2ccccn2)cc1. The normalized spacial score (nSPS) is 24.2. The summed E-state index contributed by atoms with van der Waals surface area (Å²) in [4.78, 5) is 42.4. The Labute approximate surface area is 240 Å². The molecule has 13 nitrogen and oxygen atoms in total. The standard InChI is InChI=1S/C27H32FN4O9P/c1-16(2)39-24(35)17(3)31-42(37,41-19-10-8-18(9-11-19)20-7-5-6-13-29-20)38-15-21-23(34)27(4,28)25(40-21)32-14-12-22(33)30-26(32)36/h5-14,16-17,21,23,25,34H,15H2,1-4H3,(H,31,37)(H,30,33,36)/t17-,21+,23+,25+,27+,42?/m0/s1. The molecule has 1 aromatic carbocycles. The monoisotopic (exact) mass is 606 g/mol. The van der Waals surface area contributed by atoms with Crippen molar-refractivity contribution in [1.82, 2.24) is 19.6 Å². The molecule has 1 saturated heterocycles. The van der Waals surface area contributed by atoms with Crippen molar-refractivity contribution in [2.75, 3.05) is 6.61 Å². The van der Waals surface area contributed by atoms with E-state index in [0.717, 1.165) is 29.3 Å². The number of halogens is 1. The molecule has 1 fully saturated rings. The van der Waals surface area contributed by atoms with Crippen LogP contribution in [0.4, 0.5) is 4.39 Å². The molecule has 1 unspecified atom stereocenters. The second-order valence-corrected chi connectivity index (χ2v) is 11.8. The molecule has 6 atom stereocenters. The van der Waals surface area contributed by atoms with Crippen LogP contribution in [0.3, 0.4) is 0 Å². The first-order valence-corrected chi connectivity index (χ1v) is 14.6. The molecule has 42 heavy (non-hydrogen) atoms. The molecule has 0 saturated carbocycles. The molecule has 0 aliphatic carbocycles. The van der Waals surface area contributed by atoms with Crippen molar-refractivity contribution in [3.05, 3.63) is 81.8 Å².